The molecule has 1 aromatic carbocycles. The maximum Gasteiger partial charge on any atom is 0.256 e. The van der Waals surface area contributed by atoms with E-state index in [0.717, 1.165) is 32.0 Å². The third-order valence-electron chi connectivity index (χ3n) is 7.04. The number of nitrogens with zero attached hydrogens (tertiary/aromatic N) is 4. The Morgan fingerprint density at radius 3 is 2.09 bits per heavy atom. The normalized spacial score (nSPS) is 20.7. The van der Waals surface area contributed by atoms with E-state index in [1.165, 1.54) is 17.4 Å². The minimum atomic E-state index is -0.866. The summed E-state index contributed by atoms with van der Waals surface area (Å²) in [5.74, 6) is -1.93. The first-order valence-corrected chi connectivity index (χ1v) is 12.0. The van der Waals surface area contributed by atoms with Crippen LogP contribution in [0.5, 0.6) is 0 Å². The van der Waals surface area contributed by atoms with Crippen LogP contribution in [0.3, 0.4) is 0 Å². The minimum absolute atomic E-state index is 0.0945. The Labute approximate surface area is 193 Å². The number of amides is 3. The molecule has 0 aliphatic carbocycles. The van der Waals surface area contributed by atoms with Gasteiger partial charge in [-0.2, -0.15) is 0 Å². The van der Waals surface area contributed by atoms with Gasteiger partial charge < -0.3 is 14.7 Å². The lowest BCUT2D eigenvalue weighted by Gasteiger charge is -2.39. The quantitative estimate of drug-likeness (QED) is 0.687. The molecule has 0 saturated carbocycles. The molecular weight excluding hydrogens is 430 g/mol. The molecule has 3 aliphatic rings. The molecule has 0 spiro atoms. The van der Waals surface area contributed by atoms with Gasteiger partial charge in [0.2, 0.25) is 11.8 Å². The number of halogens is 2. The molecule has 3 heterocycles. The molecule has 0 aromatic heterocycles. The molecular formula is C24H32F2N4O3. The average molecular weight is 463 g/mol. The molecule has 3 amide bonds. The van der Waals surface area contributed by atoms with Crippen molar-refractivity contribution in [3.05, 3.63) is 35.4 Å². The van der Waals surface area contributed by atoms with Gasteiger partial charge in [-0.3, -0.25) is 19.3 Å². The molecule has 0 N–H and O–H groups in total. The second-order valence-electron chi connectivity index (χ2n) is 9.23. The molecule has 0 radical (unpaired) electrons. The first-order valence-electron chi connectivity index (χ1n) is 12.0. The van der Waals surface area contributed by atoms with Gasteiger partial charge in [0.1, 0.15) is 11.6 Å². The highest BCUT2D eigenvalue weighted by Crippen LogP contribution is 2.23. The van der Waals surface area contributed by atoms with Gasteiger partial charge in [-0.05, 0) is 44.2 Å². The molecule has 1 aromatic rings. The van der Waals surface area contributed by atoms with Crippen LogP contribution in [-0.4, -0.2) is 96.2 Å². The Kier molecular flexibility index (Phi) is 7.57. The maximum atomic E-state index is 13.9. The van der Waals surface area contributed by atoms with Crippen molar-refractivity contribution in [1.82, 2.24) is 19.6 Å². The number of carbonyl (C=O) groups is 3. The summed E-state index contributed by atoms with van der Waals surface area (Å²) in [6.07, 6.45) is 4.41. The summed E-state index contributed by atoms with van der Waals surface area (Å²) in [6.45, 7) is 5.45. The second kappa shape index (κ2) is 10.6. The van der Waals surface area contributed by atoms with Crippen LogP contribution in [0.4, 0.5) is 8.78 Å². The Morgan fingerprint density at radius 2 is 1.45 bits per heavy atom. The van der Waals surface area contributed by atoms with Gasteiger partial charge in [0.25, 0.3) is 5.91 Å². The van der Waals surface area contributed by atoms with Crippen LogP contribution in [0.1, 0.15) is 42.5 Å². The van der Waals surface area contributed by atoms with Crippen molar-refractivity contribution in [2.45, 2.75) is 32.1 Å². The van der Waals surface area contributed by atoms with E-state index in [-0.39, 0.29) is 23.3 Å². The van der Waals surface area contributed by atoms with Gasteiger partial charge in [0.15, 0.2) is 0 Å². The molecule has 3 saturated heterocycles. The summed E-state index contributed by atoms with van der Waals surface area (Å²) in [5.41, 5.74) is -0.142. The van der Waals surface area contributed by atoms with Crippen LogP contribution in [0.15, 0.2) is 18.2 Å². The van der Waals surface area contributed by atoms with Crippen molar-refractivity contribution in [1.29, 1.82) is 0 Å². The number of rotatable bonds is 4. The van der Waals surface area contributed by atoms with E-state index >= 15 is 0 Å². The fourth-order valence-corrected chi connectivity index (χ4v) is 4.98. The Hall–Kier alpha value is -2.55. The van der Waals surface area contributed by atoms with Crippen LogP contribution in [0.25, 0.3) is 0 Å². The first kappa shape index (κ1) is 23.6. The van der Waals surface area contributed by atoms with E-state index in [9.17, 15) is 23.2 Å². The number of piperazine rings is 1. The van der Waals surface area contributed by atoms with Crippen molar-refractivity contribution < 1.29 is 23.2 Å². The average Bonchev–Trinajstić information content (AvgIpc) is 2.84. The SMILES string of the molecule is O=C(CN1CCN(C(=O)C2CCN(C(=O)c3ccc(F)cc3F)CC2)CC1)N1CCCCC1. The fraction of sp³-hybridized carbons (Fsp3) is 0.625. The Balaban J connectivity index is 1.21. The second-order valence-corrected chi connectivity index (χ2v) is 9.23. The molecule has 0 bridgehead atoms. The number of likely N-dealkylation sites (tertiary alicyclic amines) is 2. The van der Waals surface area contributed by atoms with Gasteiger partial charge in [-0.1, -0.05) is 0 Å². The number of hydrogen-bond donors (Lipinski definition) is 0. The van der Waals surface area contributed by atoms with E-state index in [2.05, 4.69) is 4.90 Å². The van der Waals surface area contributed by atoms with Crippen LogP contribution < -0.4 is 0 Å². The van der Waals surface area contributed by atoms with Crippen LogP contribution in [0.2, 0.25) is 0 Å². The highest BCUT2D eigenvalue weighted by molar-refractivity contribution is 5.94. The third kappa shape index (κ3) is 5.69. The van der Waals surface area contributed by atoms with Crippen LogP contribution >= 0.6 is 0 Å². The zero-order chi connectivity index (χ0) is 23.4. The zero-order valence-electron chi connectivity index (χ0n) is 19.0. The fourth-order valence-electron chi connectivity index (χ4n) is 4.98. The molecule has 33 heavy (non-hydrogen) atoms. The monoisotopic (exact) mass is 462 g/mol. The molecule has 9 heteroatoms. The van der Waals surface area contributed by atoms with E-state index in [1.54, 1.807) is 0 Å². The molecule has 0 atom stereocenters. The molecule has 4 rings (SSSR count). The molecule has 7 nitrogen and oxygen atoms in total. The highest BCUT2D eigenvalue weighted by Gasteiger charge is 2.33. The topological polar surface area (TPSA) is 64.2 Å². The van der Waals surface area contributed by atoms with E-state index < -0.39 is 17.5 Å². The van der Waals surface area contributed by atoms with E-state index in [4.69, 9.17) is 0 Å². The summed E-state index contributed by atoms with van der Waals surface area (Å²) in [4.78, 5) is 45.5. The minimum Gasteiger partial charge on any atom is -0.342 e. The lowest BCUT2D eigenvalue weighted by molar-refractivity contribution is -0.139. The highest BCUT2D eigenvalue weighted by atomic mass is 19.1. The van der Waals surface area contributed by atoms with Crippen LogP contribution in [0, 0.1) is 17.6 Å². The van der Waals surface area contributed by atoms with Gasteiger partial charge in [-0.15, -0.1) is 0 Å². The predicted octanol–water partition coefficient (Wildman–Crippen LogP) is 1.97. The van der Waals surface area contributed by atoms with Gasteiger partial charge >= 0.3 is 0 Å². The predicted molar refractivity (Wildman–Crippen MR) is 118 cm³/mol. The number of benzene rings is 1. The number of carbonyl (C=O) groups excluding carboxylic acids is 3. The number of hydrogen-bond acceptors (Lipinski definition) is 4. The third-order valence-corrected chi connectivity index (χ3v) is 7.04. The van der Waals surface area contributed by atoms with Crippen molar-refractivity contribution in [3.8, 4) is 0 Å². The summed E-state index contributed by atoms with van der Waals surface area (Å²) in [5, 5.41) is 0. The van der Waals surface area contributed by atoms with Crippen molar-refractivity contribution in [2.24, 2.45) is 5.92 Å². The number of piperidine rings is 2. The van der Waals surface area contributed by atoms with Crippen molar-refractivity contribution in [2.75, 3.05) is 58.9 Å². The summed E-state index contributed by atoms with van der Waals surface area (Å²) in [6, 6.07) is 2.95. The molecule has 0 unspecified atom stereocenters. The Bertz CT molecular complexity index is 874. The molecule has 3 aliphatic heterocycles. The summed E-state index contributed by atoms with van der Waals surface area (Å²) in [7, 11) is 0. The largest absolute Gasteiger partial charge is 0.342 e. The Morgan fingerprint density at radius 1 is 0.788 bits per heavy atom. The van der Waals surface area contributed by atoms with E-state index in [1.807, 2.05) is 9.80 Å². The van der Waals surface area contributed by atoms with Gasteiger partial charge in [0, 0.05) is 64.3 Å². The standard InChI is InChI=1S/C24H32F2N4O3/c25-19-4-5-20(21(26)16-19)24(33)29-10-6-18(7-11-29)23(32)30-14-12-27(13-15-30)17-22(31)28-8-2-1-3-9-28/h4-5,16,18H,1-3,6-15,17H2. The summed E-state index contributed by atoms with van der Waals surface area (Å²) < 4.78 is 27.1. The van der Waals surface area contributed by atoms with Crippen molar-refractivity contribution >= 4 is 17.7 Å². The van der Waals surface area contributed by atoms with Gasteiger partial charge in [0.05, 0.1) is 12.1 Å². The lowest BCUT2D eigenvalue weighted by atomic mass is 9.94. The van der Waals surface area contributed by atoms with Crippen molar-refractivity contribution in [3.63, 3.8) is 0 Å². The smallest absolute Gasteiger partial charge is 0.256 e. The lowest BCUT2D eigenvalue weighted by Crippen LogP contribution is -2.54. The van der Waals surface area contributed by atoms with E-state index in [0.29, 0.717) is 64.7 Å². The molecule has 3 fully saturated rings. The first-order chi connectivity index (χ1) is 15.9. The zero-order valence-corrected chi connectivity index (χ0v) is 19.0. The molecule has 180 valence electrons. The maximum absolute atomic E-state index is 13.9. The van der Waals surface area contributed by atoms with Gasteiger partial charge in [-0.25, -0.2) is 8.78 Å². The van der Waals surface area contributed by atoms with Crippen LogP contribution in [-0.2, 0) is 9.59 Å². The summed E-state index contributed by atoms with van der Waals surface area (Å²) >= 11 is 0.